The number of aromatic nitrogens is 2. The lowest BCUT2D eigenvalue weighted by Gasteiger charge is -2.03. The van der Waals surface area contributed by atoms with Gasteiger partial charge < -0.3 is 9.15 Å². The van der Waals surface area contributed by atoms with Gasteiger partial charge in [-0.2, -0.15) is 0 Å². The van der Waals surface area contributed by atoms with E-state index in [1.54, 1.807) is 0 Å². The van der Waals surface area contributed by atoms with E-state index in [4.69, 9.17) is 9.15 Å². The van der Waals surface area contributed by atoms with Crippen LogP contribution < -0.4 is 4.74 Å². The average molecular weight is 345 g/mol. The van der Waals surface area contributed by atoms with Crippen LogP contribution in [0.5, 0.6) is 5.75 Å². The quantitative estimate of drug-likeness (QED) is 0.704. The van der Waals surface area contributed by atoms with Gasteiger partial charge in [0.1, 0.15) is 5.75 Å². The molecular weight excluding hydrogens is 332 g/mol. The minimum Gasteiger partial charge on any atom is -0.484 e. The van der Waals surface area contributed by atoms with Gasteiger partial charge in [-0.25, -0.2) is 0 Å². The molecule has 0 radical (unpaired) electrons. The molecule has 4 nitrogen and oxygen atoms in total. The lowest BCUT2D eigenvalue weighted by Crippen LogP contribution is -1.95. The third-order valence-corrected chi connectivity index (χ3v) is 3.38. The molecule has 0 amide bonds. The third kappa shape index (κ3) is 3.49. The van der Waals surface area contributed by atoms with Crippen molar-refractivity contribution in [1.82, 2.24) is 10.2 Å². The largest absolute Gasteiger partial charge is 0.484 e. The topological polar surface area (TPSA) is 48.2 Å². The Morgan fingerprint density at radius 1 is 1.10 bits per heavy atom. The van der Waals surface area contributed by atoms with Gasteiger partial charge in [0.15, 0.2) is 6.61 Å². The summed E-state index contributed by atoms with van der Waals surface area (Å²) in [4.78, 5) is 0. The minimum absolute atomic E-state index is 0.254. The monoisotopic (exact) mass is 344 g/mol. The van der Waals surface area contributed by atoms with Gasteiger partial charge >= 0.3 is 0 Å². The van der Waals surface area contributed by atoms with Gasteiger partial charge in [0.2, 0.25) is 5.89 Å². The second kappa shape index (κ2) is 6.10. The first kappa shape index (κ1) is 13.8. The molecule has 0 spiro atoms. The maximum absolute atomic E-state index is 5.64. The van der Waals surface area contributed by atoms with E-state index < -0.39 is 0 Å². The molecular formula is C16H13BrN2O2. The van der Waals surface area contributed by atoms with Gasteiger partial charge in [-0.05, 0) is 42.8 Å². The molecule has 106 valence electrons. The Bertz CT molecular complexity index is 755. The normalized spacial score (nSPS) is 10.6. The summed E-state index contributed by atoms with van der Waals surface area (Å²) in [5, 5.41) is 8.04. The van der Waals surface area contributed by atoms with E-state index in [1.807, 2.05) is 55.5 Å². The molecule has 0 fully saturated rings. The van der Waals surface area contributed by atoms with Crippen molar-refractivity contribution < 1.29 is 9.15 Å². The molecule has 3 rings (SSSR count). The van der Waals surface area contributed by atoms with Crippen LogP contribution in [0.2, 0.25) is 0 Å². The molecule has 0 bridgehead atoms. The predicted molar refractivity (Wildman–Crippen MR) is 82.9 cm³/mol. The van der Waals surface area contributed by atoms with Crippen LogP contribution in [0.3, 0.4) is 0 Å². The Balaban J connectivity index is 1.71. The smallest absolute Gasteiger partial charge is 0.254 e. The molecule has 0 unspecified atom stereocenters. The Morgan fingerprint density at radius 3 is 2.76 bits per heavy atom. The average Bonchev–Trinajstić information content (AvgIpc) is 2.94. The molecule has 0 aliphatic rings. The minimum atomic E-state index is 0.254. The zero-order valence-corrected chi connectivity index (χ0v) is 13.0. The maximum atomic E-state index is 5.64. The second-order valence-corrected chi connectivity index (χ2v) is 5.53. The van der Waals surface area contributed by atoms with Crippen LogP contribution in [0.1, 0.15) is 11.5 Å². The first-order valence-corrected chi connectivity index (χ1v) is 7.28. The van der Waals surface area contributed by atoms with Crippen LogP contribution in [0.25, 0.3) is 11.5 Å². The summed E-state index contributed by atoms with van der Waals surface area (Å²) < 4.78 is 12.2. The third-order valence-electron chi connectivity index (χ3n) is 2.89. The van der Waals surface area contributed by atoms with Crippen molar-refractivity contribution in [3.05, 3.63) is 64.5 Å². The Kier molecular flexibility index (Phi) is 4.01. The summed E-state index contributed by atoms with van der Waals surface area (Å²) in [6.07, 6.45) is 0. The van der Waals surface area contributed by atoms with Crippen LogP contribution in [0.4, 0.5) is 0 Å². The number of hydrogen-bond acceptors (Lipinski definition) is 4. The van der Waals surface area contributed by atoms with Crippen molar-refractivity contribution in [2.75, 3.05) is 0 Å². The highest BCUT2D eigenvalue weighted by Gasteiger charge is 2.09. The fourth-order valence-electron chi connectivity index (χ4n) is 1.90. The van der Waals surface area contributed by atoms with Crippen molar-refractivity contribution in [1.29, 1.82) is 0 Å². The summed E-state index contributed by atoms with van der Waals surface area (Å²) in [6.45, 7) is 2.27. The van der Waals surface area contributed by atoms with Crippen LogP contribution in [-0.4, -0.2) is 10.2 Å². The van der Waals surface area contributed by atoms with E-state index in [2.05, 4.69) is 26.1 Å². The molecule has 0 aliphatic heterocycles. The highest BCUT2D eigenvalue weighted by Crippen LogP contribution is 2.22. The molecule has 5 heteroatoms. The number of nitrogens with zero attached hydrogens (tertiary/aromatic N) is 2. The number of aryl methyl sites for hydroxylation is 1. The van der Waals surface area contributed by atoms with Gasteiger partial charge in [0.25, 0.3) is 5.89 Å². The summed E-state index contributed by atoms with van der Waals surface area (Å²) >= 11 is 3.42. The maximum Gasteiger partial charge on any atom is 0.254 e. The molecule has 2 aromatic carbocycles. The van der Waals surface area contributed by atoms with Crippen LogP contribution >= 0.6 is 15.9 Å². The van der Waals surface area contributed by atoms with Crippen molar-refractivity contribution in [3.63, 3.8) is 0 Å². The van der Waals surface area contributed by atoms with Crippen LogP contribution in [0, 0.1) is 6.92 Å². The summed E-state index contributed by atoms with van der Waals surface area (Å²) in [6, 6.07) is 15.6. The molecule has 0 saturated heterocycles. The lowest BCUT2D eigenvalue weighted by atomic mass is 10.2. The summed E-state index contributed by atoms with van der Waals surface area (Å²) in [7, 11) is 0. The Hall–Kier alpha value is -2.14. The van der Waals surface area contributed by atoms with Crippen molar-refractivity contribution in [2.45, 2.75) is 13.5 Å². The summed E-state index contributed by atoms with van der Waals surface area (Å²) in [5.41, 5.74) is 2.02. The second-order valence-electron chi connectivity index (χ2n) is 4.62. The van der Waals surface area contributed by atoms with Gasteiger partial charge in [0.05, 0.1) is 0 Å². The van der Waals surface area contributed by atoms with Gasteiger partial charge in [-0.1, -0.05) is 34.1 Å². The summed E-state index contributed by atoms with van der Waals surface area (Å²) in [5.74, 6) is 1.72. The van der Waals surface area contributed by atoms with Crippen LogP contribution in [-0.2, 0) is 6.61 Å². The molecule has 1 heterocycles. The van der Waals surface area contributed by atoms with E-state index in [-0.39, 0.29) is 6.61 Å². The number of ether oxygens (including phenoxy) is 1. The molecule has 3 aromatic rings. The Morgan fingerprint density at radius 2 is 1.95 bits per heavy atom. The van der Waals surface area contributed by atoms with Gasteiger partial charge in [0, 0.05) is 10.0 Å². The predicted octanol–water partition coefficient (Wildman–Crippen LogP) is 4.39. The Labute approximate surface area is 130 Å². The standard InChI is InChI=1S/C16H13BrN2O2/c1-11-4-2-7-14(8-11)20-10-15-18-19-16(21-15)12-5-3-6-13(17)9-12/h2-9H,10H2,1H3. The zero-order valence-electron chi connectivity index (χ0n) is 11.4. The van der Waals surface area contributed by atoms with Gasteiger partial charge in [-0.15, -0.1) is 10.2 Å². The molecule has 1 aromatic heterocycles. The SMILES string of the molecule is Cc1cccc(OCc2nnc(-c3cccc(Br)c3)o2)c1. The molecule has 0 saturated carbocycles. The fraction of sp³-hybridized carbons (Fsp3) is 0.125. The molecule has 21 heavy (non-hydrogen) atoms. The number of halogens is 1. The number of benzene rings is 2. The first-order chi connectivity index (χ1) is 10.2. The lowest BCUT2D eigenvalue weighted by molar-refractivity contribution is 0.264. The molecule has 0 aliphatic carbocycles. The van der Waals surface area contributed by atoms with Crippen molar-refractivity contribution in [2.24, 2.45) is 0 Å². The van der Waals surface area contributed by atoms with Crippen LogP contribution in [0.15, 0.2) is 57.4 Å². The zero-order chi connectivity index (χ0) is 14.7. The first-order valence-electron chi connectivity index (χ1n) is 6.48. The molecule has 0 atom stereocenters. The fourth-order valence-corrected chi connectivity index (χ4v) is 2.30. The van der Waals surface area contributed by atoms with E-state index in [0.29, 0.717) is 11.8 Å². The number of rotatable bonds is 4. The van der Waals surface area contributed by atoms with Crippen molar-refractivity contribution in [3.8, 4) is 17.2 Å². The molecule has 0 N–H and O–H groups in total. The number of hydrogen-bond donors (Lipinski definition) is 0. The van der Waals surface area contributed by atoms with E-state index in [0.717, 1.165) is 21.3 Å². The van der Waals surface area contributed by atoms with E-state index in [9.17, 15) is 0 Å². The van der Waals surface area contributed by atoms with Crippen molar-refractivity contribution >= 4 is 15.9 Å². The van der Waals surface area contributed by atoms with E-state index >= 15 is 0 Å². The highest BCUT2D eigenvalue weighted by atomic mass is 79.9. The van der Waals surface area contributed by atoms with Gasteiger partial charge in [-0.3, -0.25) is 0 Å². The van der Waals surface area contributed by atoms with E-state index in [1.165, 1.54) is 0 Å². The highest BCUT2D eigenvalue weighted by molar-refractivity contribution is 9.10.